The molecule has 0 bridgehead atoms. The van der Waals surface area contributed by atoms with Gasteiger partial charge in [-0.25, -0.2) is 13.1 Å². The number of aryl methyl sites for hydroxylation is 2. The predicted octanol–water partition coefficient (Wildman–Crippen LogP) is 1.64. The third-order valence-electron chi connectivity index (χ3n) is 5.71. The van der Waals surface area contributed by atoms with E-state index in [1.165, 1.54) is 12.5 Å². The van der Waals surface area contributed by atoms with E-state index in [9.17, 15) is 18.0 Å². The van der Waals surface area contributed by atoms with Crippen LogP contribution in [0.3, 0.4) is 0 Å². The standard InChI is InChI=1S/C20H31N3O4S/c1-13-8-9-17(10-15(13)3)28(26,27)22-12-19(24)21-11-20(25)23-18-7-5-6-14(2)16(18)4/h8-10,14,16,18,22H,5-7,11-12H2,1-4H3,(H,21,24)(H,23,25)/t14-,16-,18+/m0/s1. The van der Waals surface area contributed by atoms with Gasteiger partial charge in [0.1, 0.15) is 0 Å². The maximum absolute atomic E-state index is 12.3. The Labute approximate surface area is 167 Å². The van der Waals surface area contributed by atoms with Crippen LogP contribution in [0.15, 0.2) is 23.1 Å². The van der Waals surface area contributed by atoms with Crippen LogP contribution in [0.25, 0.3) is 0 Å². The molecule has 2 rings (SSSR count). The Bertz CT molecular complexity index is 823. The summed E-state index contributed by atoms with van der Waals surface area (Å²) in [4.78, 5) is 24.1. The number of amides is 2. The summed E-state index contributed by atoms with van der Waals surface area (Å²) in [5, 5.41) is 5.44. The molecular formula is C20H31N3O4S. The van der Waals surface area contributed by atoms with E-state index in [0.29, 0.717) is 11.8 Å². The number of sulfonamides is 1. The molecule has 3 atom stereocenters. The van der Waals surface area contributed by atoms with Gasteiger partial charge >= 0.3 is 0 Å². The molecule has 1 aliphatic rings. The Hall–Kier alpha value is -1.93. The van der Waals surface area contributed by atoms with Crippen molar-refractivity contribution in [3.05, 3.63) is 29.3 Å². The second kappa shape index (κ2) is 9.52. The maximum atomic E-state index is 12.3. The largest absolute Gasteiger partial charge is 0.352 e. The molecule has 7 nitrogen and oxygen atoms in total. The zero-order valence-corrected chi connectivity index (χ0v) is 17.9. The molecule has 0 spiro atoms. The molecule has 0 aliphatic heterocycles. The van der Waals surface area contributed by atoms with Gasteiger partial charge in [0.2, 0.25) is 21.8 Å². The van der Waals surface area contributed by atoms with Crippen molar-refractivity contribution in [3.63, 3.8) is 0 Å². The molecule has 0 unspecified atom stereocenters. The molecule has 0 saturated heterocycles. The molecule has 1 saturated carbocycles. The minimum atomic E-state index is -3.78. The van der Waals surface area contributed by atoms with Gasteiger partial charge in [-0.3, -0.25) is 9.59 Å². The lowest BCUT2D eigenvalue weighted by molar-refractivity contribution is -0.126. The van der Waals surface area contributed by atoms with Crippen LogP contribution >= 0.6 is 0 Å². The number of benzene rings is 1. The highest BCUT2D eigenvalue weighted by Crippen LogP contribution is 2.29. The molecule has 0 aromatic heterocycles. The zero-order chi connectivity index (χ0) is 20.9. The van der Waals surface area contributed by atoms with E-state index in [2.05, 4.69) is 29.2 Å². The molecular weight excluding hydrogens is 378 g/mol. The second-order valence-electron chi connectivity index (χ2n) is 7.79. The van der Waals surface area contributed by atoms with Crippen molar-refractivity contribution in [2.24, 2.45) is 11.8 Å². The first-order valence-corrected chi connectivity index (χ1v) is 11.2. The summed E-state index contributed by atoms with van der Waals surface area (Å²) >= 11 is 0. The van der Waals surface area contributed by atoms with Gasteiger partial charge in [0.25, 0.3) is 0 Å². The van der Waals surface area contributed by atoms with Crippen molar-refractivity contribution in [1.82, 2.24) is 15.4 Å². The molecule has 1 aromatic rings. The quantitative estimate of drug-likeness (QED) is 0.637. The fourth-order valence-electron chi connectivity index (χ4n) is 3.41. The van der Waals surface area contributed by atoms with Gasteiger partial charge in [0.15, 0.2) is 0 Å². The summed E-state index contributed by atoms with van der Waals surface area (Å²) in [5.41, 5.74) is 1.85. The molecule has 0 radical (unpaired) electrons. The Morgan fingerprint density at radius 1 is 1.04 bits per heavy atom. The van der Waals surface area contributed by atoms with Gasteiger partial charge in [-0.2, -0.15) is 0 Å². The highest BCUT2D eigenvalue weighted by Gasteiger charge is 2.28. The first-order valence-electron chi connectivity index (χ1n) is 9.73. The van der Waals surface area contributed by atoms with Crippen LogP contribution in [0, 0.1) is 25.7 Å². The van der Waals surface area contributed by atoms with Crippen LogP contribution in [-0.4, -0.2) is 39.4 Å². The van der Waals surface area contributed by atoms with E-state index in [1.54, 1.807) is 12.1 Å². The highest BCUT2D eigenvalue weighted by molar-refractivity contribution is 7.89. The first-order chi connectivity index (χ1) is 13.1. The smallest absolute Gasteiger partial charge is 0.241 e. The highest BCUT2D eigenvalue weighted by atomic mass is 32.2. The third-order valence-corrected chi connectivity index (χ3v) is 7.11. The summed E-state index contributed by atoms with van der Waals surface area (Å²) in [6, 6.07) is 4.91. The summed E-state index contributed by atoms with van der Waals surface area (Å²) in [7, 11) is -3.78. The van der Waals surface area contributed by atoms with Gasteiger partial charge in [0.05, 0.1) is 18.0 Å². The molecule has 8 heteroatoms. The van der Waals surface area contributed by atoms with Crippen molar-refractivity contribution < 1.29 is 18.0 Å². The Morgan fingerprint density at radius 2 is 1.75 bits per heavy atom. The van der Waals surface area contributed by atoms with Crippen LogP contribution in [0.4, 0.5) is 0 Å². The average Bonchev–Trinajstić information content (AvgIpc) is 2.64. The number of rotatable bonds is 7. The normalized spacial score (nSPS) is 22.5. The molecule has 1 aliphatic carbocycles. The molecule has 156 valence electrons. The van der Waals surface area contributed by atoms with Crippen molar-refractivity contribution in [2.75, 3.05) is 13.1 Å². The lowest BCUT2D eigenvalue weighted by atomic mass is 9.78. The number of carbonyl (C=O) groups excluding carboxylic acids is 2. The minimum absolute atomic E-state index is 0.113. The minimum Gasteiger partial charge on any atom is -0.352 e. The monoisotopic (exact) mass is 409 g/mol. The summed E-state index contributed by atoms with van der Waals surface area (Å²) in [5.74, 6) is 0.163. The van der Waals surface area contributed by atoms with Crippen molar-refractivity contribution >= 4 is 21.8 Å². The van der Waals surface area contributed by atoms with E-state index in [4.69, 9.17) is 0 Å². The van der Waals surface area contributed by atoms with E-state index >= 15 is 0 Å². The maximum Gasteiger partial charge on any atom is 0.241 e. The number of nitrogens with one attached hydrogen (secondary N) is 3. The molecule has 3 N–H and O–H groups in total. The number of hydrogen-bond donors (Lipinski definition) is 3. The Balaban J connectivity index is 1.79. The zero-order valence-electron chi connectivity index (χ0n) is 17.0. The summed E-state index contributed by atoms with van der Waals surface area (Å²) in [6.07, 6.45) is 3.20. The van der Waals surface area contributed by atoms with Gasteiger partial charge < -0.3 is 10.6 Å². The van der Waals surface area contributed by atoms with Crippen LogP contribution in [0.1, 0.15) is 44.2 Å². The fraction of sp³-hybridized carbons (Fsp3) is 0.600. The molecule has 2 amide bonds. The first kappa shape index (κ1) is 22.4. The van der Waals surface area contributed by atoms with Crippen molar-refractivity contribution in [2.45, 2.75) is 57.9 Å². The van der Waals surface area contributed by atoms with Crippen molar-refractivity contribution in [3.8, 4) is 0 Å². The van der Waals surface area contributed by atoms with Gasteiger partial charge in [-0.1, -0.05) is 32.8 Å². The van der Waals surface area contributed by atoms with Crippen LogP contribution < -0.4 is 15.4 Å². The number of hydrogen-bond acceptors (Lipinski definition) is 4. The topological polar surface area (TPSA) is 104 Å². The third kappa shape index (κ3) is 6.04. The molecule has 1 aromatic carbocycles. The Morgan fingerprint density at radius 3 is 2.43 bits per heavy atom. The fourth-order valence-corrected chi connectivity index (χ4v) is 4.48. The lowest BCUT2D eigenvalue weighted by Gasteiger charge is -2.34. The Kier molecular flexibility index (Phi) is 7.60. The van der Waals surface area contributed by atoms with Gasteiger partial charge in [-0.15, -0.1) is 0 Å². The van der Waals surface area contributed by atoms with Crippen LogP contribution in [0.5, 0.6) is 0 Å². The molecule has 0 heterocycles. The van der Waals surface area contributed by atoms with Crippen molar-refractivity contribution in [1.29, 1.82) is 0 Å². The summed E-state index contributed by atoms with van der Waals surface area (Å²) in [6.45, 7) is 7.46. The average molecular weight is 410 g/mol. The second-order valence-corrected chi connectivity index (χ2v) is 9.56. The van der Waals surface area contributed by atoms with Gasteiger partial charge in [0, 0.05) is 6.04 Å². The predicted molar refractivity (Wildman–Crippen MR) is 108 cm³/mol. The van der Waals surface area contributed by atoms with E-state index in [1.807, 2.05) is 13.8 Å². The lowest BCUT2D eigenvalue weighted by Crippen LogP contribution is -2.48. The van der Waals surface area contributed by atoms with E-state index in [-0.39, 0.29) is 23.4 Å². The van der Waals surface area contributed by atoms with Crippen LogP contribution in [0.2, 0.25) is 0 Å². The SMILES string of the molecule is Cc1ccc(S(=O)(=O)NCC(=O)NCC(=O)N[C@@H]2CCC[C@H](C)[C@@H]2C)cc1C. The number of carbonyl (C=O) groups is 2. The van der Waals surface area contributed by atoms with E-state index in [0.717, 1.165) is 24.0 Å². The molecule has 28 heavy (non-hydrogen) atoms. The summed E-state index contributed by atoms with van der Waals surface area (Å²) < 4.78 is 26.9. The van der Waals surface area contributed by atoms with Gasteiger partial charge in [-0.05, 0) is 55.4 Å². The molecule has 1 fully saturated rings. The van der Waals surface area contributed by atoms with E-state index < -0.39 is 22.5 Å². The van der Waals surface area contributed by atoms with Crippen LogP contribution in [-0.2, 0) is 19.6 Å².